The molecule has 0 aromatic carbocycles. The third-order valence-electron chi connectivity index (χ3n) is 5.43. The Morgan fingerprint density at radius 3 is 3.08 bits per heavy atom. The minimum absolute atomic E-state index is 0.0396. The van der Waals surface area contributed by atoms with Gasteiger partial charge in [0.05, 0.1) is 11.6 Å². The van der Waals surface area contributed by atoms with Crippen molar-refractivity contribution in [3.8, 4) is 0 Å². The van der Waals surface area contributed by atoms with Crippen molar-refractivity contribution in [3.63, 3.8) is 0 Å². The lowest BCUT2D eigenvalue weighted by atomic mass is 9.97. The summed E-state index contributed by atoms with van der Waals surface area (Å²) in [6, 6.07) is 3.72. The summed E-state index contributed by atoms with van der Waals surface area (Å²) in [4.78, 5) is 34.3. The van der Waals surface area contributed by atoms with Gasteiger partial charge in [-0.05, 0) is 50.3 Å². The highest BCUT2D eigenvalue weighted by Crippen LogP contribution is 2.22. The van der Waals surface area contributed by atoms with Crippen LogP contribution in [-0.4, -0.2) is 58.9 Å². The molecule has 3 N–H and O–H groups in total. The van der Waals surface area contributed by atoms with Crippen molar-refractivity contribution in [2.45, 2.75) is 31.7 Å². The summed E-state index contributed by atoms with van der Waals surface area (Å²) < 4.78 is 0. The van der Waals surface area contributed by atoms with Crippen LogP contribution >= 0.6 is 0 Å². The third-order valence-corrected chi connectivity index (χ3v) is 5.43. The zero-order valence-electron chi connectivity index (χ0n) is 14.8. The number of hydrogen-bond acceptors (Lipinski definition) is 4. The summed E-state index contributed by atoms with van der Waals surface area (Å²) in [6.45, 7) is 3.00. The number of hydrogen-bond donors (Lipinski definition) is 3. The number of nitrogens with zero attached hydrogens (tertiary/aromatic N) is 2. The fourth-order valence-corrected chi connectivity index (χ4v) is 4.00. The summed E-state index contributed by atoms with van der Waals surface area (Å²) in [6.07, 6.45) is 7.44. The molecule has 0 saturated carbocycles. The Bertz CT molecular complexity index is 796. The largest absolute Gasteiger partial charge is 0.354 e. The van der Waals surface area contributed by atoms with Crippen molar-refractivity contribution in [2.24, 2.45) is 5.92 Å². The maximum Gasteiger partial charge on any atom is 0.256 e. The number of pyridine rings is 1. The molecule has 0 bridgehead atoms. The Hall–Kier alpha value is -2.41. The Labute approximate surface area is 152 Å². The molecule has 7 nitrogen and oxygen atoms in total. The predicted molar refractivity (Wildman–Crippen MR) is 98.8 cm³/mol. The summed E-state index contributed by atoms with van der Waals surface area (Å²) in [5.74, 6) is 0.438. The standard InChI is InChI=1S/C19H25N5O2/c25-18(16-6-2-7-20-16)23-10-13-4-3-9-24(12-13)19(26)15-11-22-17-14(15)5-1-8-21-17/h1,5,8,11,13,16,20H,2-4,6-7,9-10,12H2,(H,21,22)(H,23,25). The molecule has 2 atom stereocenters. The minimum Gasteiger partial charge on any atom is -0.354 e. The molecular formula is C19H25N5O2. The molecule has 0 aliphatic carbocycles. The zero-order valence-corrected chi connectivity index (χ0v) is 14.8. The number of rotatable bonds is 4. The molecule has 7 heteroatoms. The highest BCUT2D eigenvalue weighted by Gasteiger charge is 2.27. The fourth-order valence-electron chi connectivity index (χ4n) is 4.00. The Morgan fingerprint density at radius 2 is 2.23 bits per heavy atom. The van der Waals surface area contributed by atoms with Crippen LogP contribution in [0.4, 0.5) is 0 Å². The molecule has 4 rings (SSSR count). The van der Waals surface area contributed by atoms with Crippen molar-refractivity contribution >= 4 is 22.8 Å². The number of amides is 2. The molecule has 4 heterocycles. The van der Waals surface area contributed by atoms with E-state index in [9.17, 15) is 9.59 Å². The van der Waals surface area contributed by atoms with Crippen LogP contribution in [0.25, 0.3) is 11.0 Å². The summed E-state index contributed by atoms with van der Waals surface area (Å²) >= 11 is 0. The third kappa shape index (κ3) is 3.44. The first-order valence-corrected chi connectivity index (χ1v) is 9.45. The van der Waals surface area contributed by atoms with Gasteiger partial charge in [-0.3, -0.25) is 9.59 Å². The summed E-state index contributed by atoms with van der Waals surface area (Å²) in [5.41, 5.74) is 1.41. The Kier molecular flexibility index (Phi) is 4.88. The maximum absolute atomic E-state index is 12.9. The van der Waals surface area contributed by atoms with E-state index in [2.05, 4.69) is 20.6 Å². The van der Waals surface area contributed by atoms with E-state index in [1.807, 2.05) is 17.0 Å². The lowest BCUT2D eigenvalue weighted by Gasteiger charge is -2.33. The summed E-state index contributed by atoms with van der Waals surface area (Å²) in [7, 11) is 0. The molecular weight excluding hydrogens is 330 g/mol. The predicted octanol–water partition coefficient (Wildman–Crippen LogP) is 1.28. The average Bonchev–Trinajstić information content (AvgIpc) is 3.35. The van der Waals surface area contributed by atoms with E-state index in [0.29, 0.717) is 24.6 Å². The van der Waals surface area contributed by atoms with E-state index >= 15 is 0 Å². The number of H-pyrrole nitrogens is 1. The van der Waals surface area contributed by atoms with Gasteiger partial charge in [-0.25, -0.2) is 4.98 Å². The molecule has 0 spiro atoms. The molecule has 2 aliphatic rings. The normalized spacial score (nSPS) is 23.3. The first-order valence-electron chi connectivity index (χ1n) is 9.45. The Balaban J connectivity index is 1.37. The quantitative estimate of drug-likeness (QED) is 0.771. The molecule has 2 aromatic heterocycles. The first kappa shape index (κ1) is 17.0. The lowest BCUT2D eigenvalue weighted by Crippen LogP contribution is -2.46. The van der Waals surface area contributed by atoms with Crippen molar-refractivity contribution < 1.29 is 9.59 Å². The van der Waals surface area contributed by atoms with Gasteiger partial charge in [-0.2, -0.15) is 0 Å². The van der Waals surface area contributed by atoms with Gasteiger partial charge in [0.1, 0.15) is 5.65 Å². The highest BCUT2D eigenvalue weighted by molar-refractivity contribution is 6.05. The highest BCUT2D eigenvalue weighted by atomic mass is 16.2. The van der Waals surface area contributed by atoms with Crippen molar-refractivity contribution in [3.05, 3.63) is 30.1 Å². The van der Waals surface area contributed by atoms with Crippen molar-refractivity contribution in [2.75, 3.05) is 26.2 Å². The van der Waals surface area contributed by atoms with Crippen LogP contribution in [0.15, 0.2) is 24.5 Å². The van der Waals surface area contributed by atoms with Crippen LogP contribution in [0, 0.1) is 5.92 Å². The molecule has 2 aromatic rings. The number of fused-ring (bicyclic) bond motifs is 1. The lowest BCUT2D eigenvalue weighted by molar-refractivity contribution is -0.123. The van der Waals surface area contributed by atoms with Crippen LogP contribution in [0.3, 0.4) is 0 Å². The van der Waals surface area contributed by atoms with Crippen LogP contribution in [0.2, 0.25) is 0 Å². The number of aromatic nitrogens is 2. The van der Waals surface area contributed by atoms with E-state index in [-0.39, 0.29) is 17.9 Å². The molecule has 0 radical (unpaired) electrons. The maximum atomic E-state index is 12.9. The van der Waals surface area contributed by atoms with Gasteiger partial charge in [-0.1, -0.05) is 0 Å². The number of carbonyl (C=O) groups is 2. The average molecular weight is 355 g/mol. The number of likely N-dealkylation sites (tertiary alicyclic amines) is 1. The van der Waals surface area contributed by atoms with Crippen molar-refractivity contribution in [1.29, 1.82) is 0 Å². The van der Waals surface area contributed by atoms with Gasteiger partial charge in [0.15, 0.2) is 0 Å². The second kappa shape index (κ2) is 7.45. The molecule has 138 valence electrons. The minimum atomic E-state index is -0.0463. The number of nitrogens with one attached hydrogen (secondary N) is 3. The summed E-state index contributed by atoms with van der Waals surface area (Å²) in [5, 5.41) is 7.14. The van der Waals surface area contributed by atoms with Gasteiger partial charge >= 0.3 is 0 Å². The Morgan fingerprint density at radius 1 is 1.31 bits per heavy atom. The van der Waals surface area contributed by atoms with E-state index in [4.69, 9.17) is 0 Å². The SMILES string of the molecule is O=C(NCC1CCCN(C(=O)c2c[nH]c3ncccc23)C1)C1CCCN1. The van der Waals surface area contributed by atoms with E-state index in [0.717, 1.165) is 49.8 Å². The second-order valence-electron chi connectivity index (χ2n) is 7.26. The monoisotopic (exact) mass is 355 g/mol. The second-order valence-corrected chi connectivity index (χ2v) is 7.26. The van der Waals surface area contributed by atoms with E-state index < -0.39 is 0 Å². The van der Waals surface area contributed by atoms with E-state index in [1.54, 1.807) is 12.4 Å². The van der Waals surface area contributed by atoms with Crippen LogP contribution in [0.5, 0.6) is 0 Å². The molecule has 2 unspecified atom stereocenters. The molecule has 26 heavy (non-hydrogen) atoms. The topological polar surface area (TPSA) is 90.1 Å². The number of carbonyl (C=O) groups excluding carboxylic acids is 2. The fraction of sp³-hybridized carbons (Fsp3) is 0.526. The first-order chi connectivity index (χ1) is 12.7. The van der Waals surface area contributed by atoms with Crippen LogP contribution < -0.4 is 10.6 Å². The van der Waals surface area contributed by atoms with Crippen LogP contribution in [-0.2, 0) is 4.79 Å². The number of aromatic amines is 1. The van der Waals surface area contributed by atoms with Gasteiger partial charge in [0, 0.05) is 37.4 Å². The van der Waals surface area contributed by atoms with Gasteiger partial charge < -0.3 is 20.5 Å². The van der Waals surface area contributed by atoms with Gasteiger partial charge in [0.2, 0.25) is 5.91 Å². The zero-order chi connectivity index (χ0) is 17.9. The van der Waals surface area contributed by atoms with E-state index in [1.165, 1.54) is 0 Å². The molecule has 2 saturated heterocycles. The molecule has 2 fully saturated rings. The van der Waals surface area contributed by atoms with Crippen LogP contribution in [0.1, 0.15) is 36.0 Å². The van der Waals surface area contributed by atoms with Gasteiger partial charge in [-0.15, -0.1) is 0 Å². The number of piperidine rings is 1. The molecule has 2 amide bonds. The smallest absolute Gasteiger partial charge is 0.256 e. The van der Waals surface area contributed by atoms with Gasteiger partial charge in [0.25, 0.3) is 5.91 Å². The van der Waals surface area contributed by atoms with Crippen molar-refractivity contribution in [1.82, 2.24) is 25.5 Å². The molecule has 2 aliphatic heterocycles.